The topological polar surface area (TPSA) is 35.5 Å². The molecule has 2 aromatic rings. The van der Waals surface area contributed by atoms with E-state index in [1.807, 2.05) is 18.2 Å². The average Bonchev–Trinajstić information content (AvgIpc) is 2.83. The van der Waals surface area contributed by atoms with E-state index in [1.165, 1.54) is 13.2 Å². The number of para-hydroxylation sites is 2. The molecular weight excluding hydrogens is 328 g/mol. The van der Waals surface area contributed by atoms with Gasteiger partial charge < -0.3 is 9.47 Å². The van der Waals surface area contributed by atoms with E-state index in [4.69, 9.17) is 9.47 Å². The van der Waals surface area contributed by atoms with E-state index in [2.05, 4.69) is 15.9 Å². The predicted octanol–water partition coefficient (Wildman–Crippen LogP) is 4.14. The van der Waals surface area contributed by atoms with Crippen molar-refractivity contribution >= 4 is 39.3 Å². The van der Waals surface area contributed by atoms with Gasteiger partial charge in [-0.25, -0.2) is 4.79 Å². The van der Waals surface area contributed by atoms with E-state index in [0.717, 1.165) is 8.66 Å². The van der Waals surface area contributed by atoms with Crippen LogP contribution in [-0.4, -0.2) is 13.1 Å². The van der Waals surface area contributed by atoms with Gasteiger partial charge in [0, 0.05) is 11.0 Å². The zero-order valence-corrected chi connectivity index (χ0v) is 12.5. The van der Waals surface area contributed by atoms with Crippen LogP contribution in [0.4, 0.5) is 0 Å². The van der Waals surface area contributed by atoms with Crippen LogP contribution in [0.5, 0.6) is 11.5 Å². The van der Waals surface area contributed by atoms with Crippen LogP contribution in [0.1, 0.15) is 4.88 Å². The van der Waals surface area contributed by atoms with E-state index in [-0.39, 0.29) is 0 Å². The van der Waals surface area contributed by atoms with Gasteiger partial charge in [0.2, 0.25) is 0 Å². The average molecular weight is 339 g/mol. The molecule has 19 heavy (non-hydrogen) atoms. The normalized spacial score (nSPS) is 10.6. The number of methoxy groups -OCH3 is 1. The van der Waals surface area contributed by atoms with Gasteiger partial charge in [0.25, 0.3) is 0 Å². The fourth-order valence-electron chi connectivity index (χ4n) is 1.41. The molecule has 2 rings (SSSR count). The highest BCUT2D eigenvalue weighted by Gasteiger charge is 2.06. The summed E-state index contributed by atoms with van der Waals surface area (Å²) in [6, 6.07) is 10.9. The van der Waals surface area contributed by atoms with Gasteiger partial charge in [-0.15, -0.1) is 11.3 Å². The molecule has 0 spiro atoms. The molecule has 0 unspecified atom stereocenters. The fraction of sp³-hybridized carbons (Fsp3) is 0.0714. The molecule has 0 fully saturated rings. The Morgan fingerprint density at radius 3 is 2.58 bits per heavy atom. The quantitative estimate of drug-likeness (QED) is 0.477. The van der Waals surface area contributed by atoms with Crippen LogP contribution in [0.3, 0.4) is 0 Å². The fourth-order valence-corrected chi connectivity index (χ4v) is 2.74. The summed E-state index contributed by atoms with van der Waals surface area (Å²) in [6.07, 6.45) is 3.11. The molecule has 0 radical (unpaired) electrons. The first-order valence-corrected chi connectivity index (χ1v) is 7.08. The molecule has 1 heterocycles. The van der Waals surface area contributed by atoms with Crippen LogP contribution in [0.2, 0.25) is 0 Å². The highest BCUT2D eigenvalue weighted by Crippen LogP contribution is 2.26. The summed E-state index contributed by atoms with van der Waals surface area (Å²) in [7, 11) is 1.53. The molecule has 0 aliphatic carbocycles. The number of esters is 1. The Morgan fingerprint density at radius 2 is 1.95 bits per heavy atom. The molecule has 98 valence electrons. The molecule has 1 aromatic heterocycles. The van der Waals surface area contributed by atoms with Crippen molar-refractivity contribution in [3.8, 4) is 11.5 Å². The molecule has 5 heteroatoms. The van der Waals surface area contributed by atoms with Crippen molar-refractivity contribution in [2.45, 2.75) is 0 Å². The van der Waals surface area contributed by atoms with Crippen molar-refractivity contribution in [1.82, 2.24) is 0 Å². The lowest BCUT2D eigenvalue weighted by Gasteiger charge is -2.06. The zero-order valence-electron chi connectivity index (χ0n) is 10.1. The molecule has 0 aliphatic rings. The summed E-state index contributed by atoms with van der Waals surface area (Å²) in [5, 5.41) is 0. The lowest BCUT2D eigenvalue weighted by Crippen LogP contribution is -2.04. The number of hydrogen-bond acceptors (Lipinski definition) is 4. The summed E-state index contributed by atoms with van der Waals surface area (Å²) in [5.74, 6) is 0.504. The van der Waals surface area contributed by atoms with Crippen LogP contribution in [0.25, 0.3) is 6.08 Å². The second kappa shape index (κ2) is 6.54. The van der Waals surface area contributed by atoms with Gasteiger partial charge in [-0.05, 0) is 46.3 Å². The largest absolute Gasteiger partial charge is 0.493 e. The molecule has 0 N–H and O–H groups in total. The van der Waals surface area contributed by atoms with E-state index < -0.39 is 5.97 Å². The van der Waals surface area contributed by atoms with Crippen molar-refractivity contribution in [2.24, 2.45) is 0 Å². The number of rotatable bonds is 4. The SMILES string of the molecule is COc1ccccc1OC(=O)C=Cc1ccc(Br)s1. The van der Waals surface area contributed by atoms with Gasteiger partial charge in [-0.1, -0.05) is 12.1 Å². The van der Waals surface area contributed by atoms with Gasteiger partial charge in [0.05, 0.1) is 10.9 Å². The van der Waals surface area contributed by atoms with Crippen LogP contribution in [-0.2, 0) is 4.79 Å². The summed E-state index contributed by atoms with van der Waals surface area (Å²) >= 11 is 4.90. The highest BCUT2D eigenvalue weighted by molar-refractivity contribution is 9.11. The van der Waals surface area contributed by atoms with Crippen molar-refractivity contribution in [1.29, 1.82) is 0 Å². The first-order chi connectivity index (χ1) is 9.19. The Morgan fingerprint density at radius 1 is 1.21 bits per heavy atom. The predicted molar refractivity (Wildman–Crippen MR) is 79.7 cm³/mol. The van der Waals surface area contributed by atoms with Crippen LogP contribution < -0.4 is 9.47 Å². The third-order valence-electron chi connectivity index (χ3n) is 2.26. The maximum absolute atomic E-state index is 11.7. The number of ether oxygens (including phenoxy) is 2. The van der Waals surface area contributed by atoms with Gasteiger partial charge in [-0.3, -0.25) is 0 Å². The number of thiophene rings is 1. The first kappa shape index (κ1) is 13.8. The monoisotopic (exact) mass is 338 g/mol. The number of carbonyl (C=O) groups is 1. The van der Waals surface area contributed by atoms with Crippen LogP contribution in [0.15, 0.2) is 46.3 Å². The lowest BCUT2D eigenvalue weighted by molar-refractivity contribution is -0.129. The molecule has 0 bridgehead atoms. The Bertz CT molecular complexity index is 604. The molecule has 0 amide bonds. The summed E-state index contributed by atoms with van der Waals surface area (Å²) in [6.45, 7) is 0. The van der Waals surface area contributed by atoms with Crippen molar-refractivity contribution in [3.63, 3.8) is 0 Å². The van der Waals surface area contributed by atoms with Gasteiger partial charge in [0.1, 0.15) is 0 Å². The van der Waals surface area contributed by atoms with Gasteiger partial charge in [0.15, 0.2) is 11.5 Å². The van der Waals surface area contributed by atoms with E-state index in [9.17, 15) is 4.79 Å². The highest BCUT2D eigenvalue weighted by atomic mass is 79.9. The second-order valence-corrected chi connectivity index (χ2v) is 6.04. The molecule has 0 aliphatic heterocycles. The van der Waals surface area contributed by atoms with Gasteiger partial charge in [-0.2, -0.15) is 0 Å². The maximum atomic E-state index is 11.7. The van der Waals surface area contributed by atoms with E-state index >= 15 is 0 Å². The number of halogens is 1. The van der Waals surface area contributed by atoms with E-state index in [0.29, 0.717) is 11.5 Å². The third-order valence-corrected chi connectivity index (χ3v) is 3.85. The molecule has 0 saturated heterocycles. The summed E-state index contributed by atoms with van der Waals surface area (Å²) in [4.78, 5) is 12.7. The minimum Gasteiger partial charge on any atom is -0.493 e. The summed E-state index contributed by atoms with van der Waals surface area (Å²) in [5.41, 5.74) is 0. The lowest BCUT2D eigenvalue weighted by atomic mass is 10.3. The maximum Gasteiger partial charge on any atom is 0.336 e. The summed E-state index contributed by atoms with van der Waals surface area (Å²) < 4.78 is 11.3. The molecule has 3 nitrogen and oxygen atoms in total. The Labute approximate surface area is 123 Å². The Kier molecular flexibility index (Phi) is 4.76. The number of hydrogen-bond donors (Lipinski definition) is 0. The Hall–Kier alpha value is -1.59. The minimum atomic E-state index is -0.436. The molecule has 0 atom stereocenters. The number of benzene rings is 1. The van der Waals surface area contributed by atoms with Crippen molar-refractivity contribution in [2.75, 3.05) is 7.11 Å². The standard InChI is InChI=1S/C14H11BrO3S/c1-17-11-4-2-3-5-12(11)18-14(16)9-7-10-6-8-13(15)19-10/h2-9H,1H3. The number of carbonyl (C=O) groups excluding carboxylic acids is 1. The minimum absolute atomic E-state index is 0.409. The Balaban J connectivity index is 2.03. The first-order valence-electron chi connectivity index (χ1n) is 5.47. The van der Waals surface area contributed by atoms with E-state index in [1.54, 1.807) is 35.6 Å². The smallest absolute Gasteiger partial charge is 0.336 e. The van der Waals surface area contributed by atoms with Crippen LogP contribution >= 0.6 is 27.3 Å². The second-order valence-electron chi connectivity index (χ2n) is 3.55. The van der Waals surface area contributed by atoms with Crippen molar-refractivity contribution in [3.05, 3.63) is 51.1 Å². The molecule has 0 saturated carbocycles. The molecular formula is C14H11BrO3S. The zero-order chi connectivity index (χ0) is 13.7. The van der Waals surface area contributed by atoms with Crippen LogP contribution in [0, 0.1) is 0 Å². The third kappa shape index (κ3) is 3.94. The molecule has 1 aromatic carbocycles. The van der Waals surface area contributed by atoms with Crippen molar-refractivity contribution < 1.29 is 14.3 Å². The van der Waals surface area contributed by atoms with Gasteiger partial charge >= 0.3 is 5.97 Å².